The van der Waals surface area contributed by atoms with Crippen molar-refractivity contribution < 1.29 is 4.74 Å². The second-order valence-corrected chi connectivity index (χ2v) is 8.35. The topological polar surface area (TPSA) is 9.23 Å². The van der Waals surface area contributed by atoms with Gasteiger partial charge < -0.3 is 4.74 Å². The summed E-state index contributed by atoms with van der Waals surface area (Å²) in [5.74, 6) is 0.973. The lowest BCUT2D eigenvalue weighted by Gasteiger charge is -2.37. The van der Waals surface area contributed by atoms with Gasteiger partial charge in [0.25, 0.3) is 0 Å². The maximum atomic E-state index is 6.14. The van der Waals surface area contributed by atoms with Crippen LogP contribution in [0, 0.1) is 0 Å². The summed E-state index contributed by atoms with van der Waals surface area (Å²) in [7, 11) is 0. The van der Waals surface area contributed by atoms with E-state index in [-0.39, 0.29) is 9.34 Å². The summed E-state index contributed by atoms with van der Waals surface area (Å²) in [6, 6.07) is 18.5. The van der Waals surface area contributed by atoms with Crippen molar-refractivity contribution in [3.8, 4) is 5.75 Å². The van der Waals surface area contributed by atoms with Crippen LogP contribution in [0.2, 0.25) is 0 Å². The van der Waals surface area contributed by atoms with Crippen molar-refractivity contribution in [2.75, 3.05) is 0 Å². The second kappa shape index (κ2) is 4.71. The molecule has 2 aromatic carbocycles. The Bertz CT molecular complexity index is 551. The SMILES string of the molecule is BrC1(Br)Cc2ccccc2OC1c1ccccc1. The molecule has 2 aromatic rings. The highest BCUT2D eigenvalue weighted by Crippen LogP contribution is 2.49. The molecular weight excluding hydrogens is 356 g/mol. The average Bonchev–Trinajstić information content (AvgIpc) is 2.38. The molecule has 1 nitrogen and oxygen atoms in total. The van der Waals surface area contributed by atoms with E-state index in [0.29, 0.717) is 0 Å². The van der Waals surface area contributed by atoms with Crippen LogP contribution in [0.5, 0.6) is 5.75 Å². The third-order valence-corrected chi connectivity index (χ3v) is 4.52. The Morgan fingerprint density at radius 1 is 0.944 bits per heavy atom. The quantitative estimate of drug-likeness (QED) is 0.654. The highest BCUT2D eigenvalue weighted by Gasteiger charge is 2.41. The molecule has 0 radical (unpaired) electrons. The summed E-state index contributed by atoms with van der Waals surface area (Å²) in [4.78, 5) is 0. The molecule has 3 rings (SSSR count). The van der Waals surface area contributed by atoms with Crippen LogP contribution in [-0.4, -0.2) is 3.23 Å². The van der Waals surface area contributed by atoms with Gasteiger partial charge in [0.2, 0.25) is 0 Å². The first-order valence-electron chi connectivity index (χ1n) is 5.84. The fourth-order valence-corrected chi connectivity index (χ4v) is 3.58. The van der Waals surface area contributed by atoms with Gasteiger partial charge in [0.1, 0.15) is 15.1 Å². The molecule has 0 aliphatic carbocycles. The molecule has 1 heterocycles. The number of ether oxygens (including phenoxy) is 1. The molecule has 3 heteroatoms. The molecule has 0 saturated heterocycles. The monoisotopic (exact) mass is 366 g/mol. The Morgan fingerprint density at radius 3 is 2.39 bits per heavy atom. The number of hydrogen-bond donors (Lipinski definition) is 0. The van der Waals surface area contributed by atoms with E-state index in [9.17, 15) is 0 Å². The van der Waals surface area contributed by atoms with Gasteiger partial charge in [-0.1, -0.05) is 80.4 Å². The van der Waals surface area contributed by atoms with E-state index in [1.54, 1.807) is 0 Å². The molecule has 92 valence electrons. The largest absolute Gasteiger partial charge is 0.483 e. The van der Waals surface area contributed by atoms with Crippen molar-refractivity contribution in [2.45, 2.75) is 15.8 Å². The van der Waals surface area contributed by atoms with E-state index in [4.69, 9.17) is 4.74 Å². The van der Waals surface area contributed by atoms with Crippen LogP contribution in [0.25, 0.3) is 0 Å². The van der Waals surface area contributed by atoms with Crippen LogP contribution >= 0.6 is 31.9 Å². The first-order chi connectivity index (χ1) is 8.67. The molecule has 1 aliphatic heterocycles. The van der Waals surface area contributed by atoms with E-state index in [0.717, 1.165) is 12.2 Å². The maximum absolute atomic E-state index is 6.14. The summed E-state index contributed by atoms with van der Waals surface area (Å²) < 4.78 is 5.89. The molecule has 1 atom stereocenters. The van der Waals surface area contributed by atoms with E-state index in [2.05, 4.69) is 50.1 Å². The molecule has 1 aliphatic rings. The molecule has 0 spiro atoms. The van der Waals surface area contributed by atoms with E-state index in [1.165, 1.54) is 11.1 Å². The molecule has 0 saturated carbocycles. The standard InChI is InChI=1S/C15H12Br2O/c16-15(17)10-12-8-4-5-9-13(12)18-14(15)11-6-2-1-3-7-11/h1-9,14H,10H2. The molecule has 1 unspecified atom stereocenters. The van der Waals surface area contributed by atoms with Crippen molar-refractivity contribution in [1.82, 2.24) is 0 Å². The van der Waals surface area contributed by atoms with Gasteiger partial charge in [-0.05, 0) is 17.2 Å². The minimum absolute atomic E-state index is 0.0337. The van der Waals surface area contributed by atoms with Crippen LogP contribution in [0.15, 0.2) is 54.6 Å². The van der Waals surface area contributed by atoms with Gasteiger partial charge in [0.15, 0.2) is 0 Å². The number of benzene rings is 2. The Labute approximate surface area is 123 Å². The molecule has 0 bridgehead atoms. The van der Waals surface area contributed by atoms with E-state index < -0.39 is 0 Å². The smallest absolute Gasteiger partial charge is 0.149 e. The van der Waals surface area contributed by atoms with Crippen LogP contribution in [-0.2, 0) is 6.42 Å². The predicted octanol–water partition coefficient (Wildman–Crippen LogP) is 4.85. The highest BCUT2D eigenvalue weighted by atomic mass is 79.9. The summed E-state index contributed by atoms with van der Waals surface area (Å²) in [6.45, 7) is 0. The van der Waals surface area contributed by atoms with Gasteiger partial charge in [-0.25, -0.2) is 0 Å². The van der Waals surface area contributed by atoms with Gasteiger partial charge in [-0.2, -0.15) is 0 Å². The van der Waals surface area contributed by atoms with E-state index in [1.807, 2.05) is 36.4 Å². The highest BCUT2D eigenvalue weighted by molar-refractivity contribution is 9.25. The van der Waals surface area contributed by atoms with Gasteiger partial charge in [-0.3, -0.25) is 0 Å². The summed E-state index contributed by atoms with van der Waals surface area (Å²) in [5.41, 5.74) is 2.39. The molecule has 0 aromatic heterocycles. The minimum atomic E-state index is -0.254. The Kier molecular flexibility index (Phi) is 3.20. The van der Waals surface area contributed by atoms with E-state index >= 15 is 0 Å². The number of hydrogen-bond acceptors (Lipinski definition) is 1. The van der Waals surface area contributed by atoms with Gasteiger partial charge in [0.05, 0.1) is 0 Å². The second-order valence-electron chi connectivity index (χ2n) is 4.45. The van der Waals surface area contributed by atoms with Crippen molar-refractivity contribution in [3.63, 3.8) is 0 Å². The third-order valence-electron chi connectivity index (χ3n) is 3.13. The zero-order valence-electron chi connectivity index (χ0n) is 9.64. The van der Waals surface area contributed by atoms with Gasteiger partial charge in [-0.15, -0.1) is 0 Å². The zero-order chi connectivity index (χ0) is 12.6. The number of para-hydroxylation sites is 1. The summed E-state index contributed by atoms with van der Waals surface area (Å²) in [6.07, 6.45) is 0.858. The third kappa shape index (κ3) is 2.21. The first kappa shape index (κ1) is 12.2. The fraction of sp³-hybridized carbons (Fsp3) is 0.200. The van der Waals surface area contributed by atoms with Crippen LogP contribution in [0.4, 0.5) is 0 Å². The van der Waals surface area contributed by atoms with Crippen molar-refractivity contribution in [1.29, 1.82) is 0 Å². The Balaban J connectivity index is 2.02. The summed E-state index contributed by atoms with van der Waals surface area (Å²) >= 11 is 7.51. The molecule has 18 heavy (non-hydrogen) atoms. The molecule has 0 N–H and O–H groups in total. The number of halogens is 2. The van der Waals surface area contributed by atoms with Crippen LogP contribution < -0.4 is 4.74 Å². The summed E-state index contributed by atoms with van der Waals surface area (Å²) in [5, 5.41) is 0. The first-order valence-corrected chi connectivity index (χ1v) is 7.43. The van der Waals surface area contributed by atoms with Crippen molar-refractivity contribution >= 4 is 31.9 Å². The van der Waals surface area contributed by atoms with Crippen molar-refractivity contribution in [3.05, 3.63) is 65.7 Å². The lowest BCUT2D eigenvalue weighted by molar-refractivity contribution is 0.176. The van der Waals surface area contributed by atoms with Gasteiger partial charge in [0, 0.05) is 6.42 Å². The fourth-order valence-electron chi connectivity index (χ4n) is 2.26. The molecule has 0 amide bonds. The number of alkyl halides is 2. The zero-order valence-corrected chi connectivity index (χ0v) is 12.8. The Hall–Kier alpha value is -0.800. The molecule has 0 fully saturated rings. The van der Waals surface area contributed by atoms with Crippen LogP contribution in [0.3, 0.4) is 0 Å². The normalized spacial score (nSPS) is 20.9. The maximum Gasteiger partial charge on any atom is 0.149 e. The lowest BCUT2D eigenvalue weighted by atomic mass is 9.97. The van der Waals surface area contributed by atoms with Crippen LogP contribution in [0.1, 0.15) is 17.2 Å². The molecular formula is C15H12Br2O. The average molecular weight is 368 g/mol. The lowest BCUT2D eigenvalue weighted by Crippen LogP contribution is -2.33. The van der Waals surface area contributed by atoms with Crippen molar-refractivity contribution in [2.24, 2.45) is 0 Å². The minimum Gasteiger partial charge on any atom is -0.483 e. The number of fused-ring (bicyclic) bond motifs is 1. The van der Waals surface area contributed by atoms with Gasteiger partial charge >= 0.3 is 0 Å². The predicted molar refractivity (Wildman–Crippen MR) is 80.5 cm³/mol. The Morgan fingerprint density at radius 2 is 1.61 bits per heavy atom. The number of rotatable bonds is 1.